The first-order valence-corrected chi connectivity index (χ1v) is 5.41. The summed E-state index contributed by atoms with van der Waals surface area (Å²) in [5.41, 5.74) is 0. The maximum absolute atomic E-state index is 11.7. The summed E-state index contributed by atoms with van der Waals surface area (Å²) < 4.78 is 0. The summed E-state index contributed by atoms with van der Waals surface area (Å²) in [7, 11) is 0. The van der Waals surface area contributed by atoms with Crippen LogP contribution < -0.4 is 0 Å². The standard InChI is InChI=1S/C11H15NO3/c1-7(13)6-8-9-2-3-11(15)12(9)5-4-10(8)14/h8-9H,2-6H2,1H3. The third-order valence-electron chi connectivity index (χ3n) is 3.36. The molecule has 1 amide bonds. The van der Waals surface area contributed by atoms with Crippen LogP contribution in [0.3, 0.4) is 0 Å². The topological polar surface area (TPSA) is 54.5 Å². The van der Waals surface area contributed by atoms with E-state index in [4.69, 9.17) is 0 Å². The van der Waals surface area contributed by atoms with Crippen molar-refractivity contribution in [3.05, 3.63) is 0 Å². The molecule has 0 bridgehead atoms. The fourth-order valence-corrected chi connectivity index (χ4v) is 2.65. The van der Waals surface area contributed by atoms with Crippen molar-refractivity contribution in [3.8, 4) is 0 Å². The summed E-state index contributed by atoms with van der Waals surface area (Å²) in [5.74, 6) is 0.0967. The first kappa shape index (κ1) is 10.3. The number of carbonyl (C=O) groups excluding carboxylic acids is 3. The molecule has 2 atom stereocenters. The second-order valence-electron chi connectivity index (χ2n) is 4.42. The molecule has 2 aliphatic rings. The Balaban J connectivity index is 2.16. The lowest BCUT2D eigenvalue weighted by molar-refractivity contribution is -0.138. The van der Waals surface area contributed by atoms with Crippen LogP contribution in [0.2, 0.25) is 0 Å². The van der Waals surface area contributed by atoms with Crippen LogP contribution in [-0.4, -0.2) is 35.0 Å². The monoisotopic (exact) mass is 209 g/mol. The van der Waals surface area contributed by atoms with Gasteiger partial charge in [-0.15, -0.1) is 0 Å². The highest BCUT2D eigenvalue weighted by molar-refractivity contribution is 5.91. The molecule has 0 saturated carbocycles. The Morgan fingerprint density at radius 1 is 1.40 bits per heavy atom. The normalized spacial score (nSPS) is 30.6. The quantitative estimate of drug-likeness (QED) is 0.667. The number of rotatable bonds is 2. The molecule has 0 spiro atoms. The zero-order valence-electron chi connectivity index (χ0n) is 8.86. The van der Waals surface area contributed by atoms with Crippen LogP contribution in [-0.2, 0) is 14.4 Å². The lowest BCUT2D eigenvalue weighted by atomic mass is 9.84. The molecule has 2 unspecified atom stereocenters. The smallest absolute Gasteiger partial charge is 0.222 e. The summed E-state index contributed by atoms with van der Waals surface area (Å²) in [6.45, 7) is 2.06. The van der Waals surface area contributed by atoms with E-state index in [-0.39, 0.29) is 29.4 Å². The van der Waals surface area contributed by atoms with Gasteiger partial charge in [-0.25, -0.2) is 0 Å². The van der Waals surface area contributed by atoms with E-state index in [2.05, 4.69) is 0 Å². The average Bonchev–Trinajstić information content (AvgIpc) is 2.52. The Bertz CT molecular complexity index is 324. The Kier molecular flexibility index (Phi) is 2.59. The van der Waals surface area contributed by atoms with Gasteiger partial charge in [0.1, 0.15) is 11.6 Å². The predicted octanol–water partition coefficient (Wildman–Crippen LogP) is 0.545. The molecular weight excluding hydrogens is 194 g/mol. The third-order valence-corrected chi connectivity index (χ3v) is 3.36. The van der Waals surface area contributed by atoms with Gasteiger partial charge < -0.3 is 9.69 Å². The summed E-state index contributed by atoms with van der Waals surface area (Å²) in [6.07, 6.45) is 1.99. The molecule has 0 aromatic carbocycles. The zero-order valence-corrected chi connectivity index (χ0v) is 8.86. The minimum atomic E-state index is -0.234. The number of hydrogen-bond donors (Lipinski definition) is 0. The van der Waals surface area contributed by atoms with Gasteiger partial charge in [-0.1, -0.05) is 0 Å². The van der Waals surface area contributed by atoms with Gasteiger partial charge in [0, 0.05) is 37.8 Å². The van der Waals surface area contributed by atoms with Crippen LogP contribution in [0.1, 0.15) is 32.6 Å². The molecule has 2 rings (SSSR count). The number of fused-ring (bicyclic) bond motifs is 1. The number of ketones is 2. The summed E-state index contributed by atoms with van der Waals surface area (Å²) in [4.78, 5) is 36.0. The summed E-state index contributed by atoms with van der Waals surface area (Å²) in [6, 6.07) is 0.00245. The molecule has 15 heavy (non-hydrogen) atoms. The van der Waals surface area contributed by atoms with Crippen LogP contribution in [0.15, 0.2) is 0 Å². The Labute approximate surface area is 88.6 Å². The molecule has 0 N–H and O–H groups in total. The van der Waals surface area contributed by atoms with Gasteiger partial charge in [0.25, 0.3) is 0 Å². The van der Waals surface area contributed by atoms with E-state index >= 15 is 0 Å². The van der Waals surface area contributed by atoms with Crippen LogP contribution in [0, 0.1) is 5.92 Å². The van der Waals surface area contributed by atoms with E-state index in [1.807, 2.05) is 0 Å². The van der Waals surface area contributed by atoms with E-state index in [0.29, 0.717) is 25.8 Å². The molecule has 0 aromatic heterocycles. The molecule has 2 heterocycles. The van der Waals surface area contributed by atoms with Crippen LogP contribution in [0.4, 0.5) is 0 Å². The summed E-state index contributed by atoms with van der Waals surface area (Å²) >= 11 is 0. The highest BCUT2D eigenvalue weighted by atomic mass is 16.2. The van der Waals surface area contributed by atoms with Crippen molar-refractivity contribution in [3.63, 3.8) is 0 Å². The average molecular weight is 209 g/mol. The number of piperidine rings is 1. The first-order chi connectivity index (χ1) is 7.09. The molecule has 0 radical (unpaired) electrons. The van der Waals surface area contributed by atoms with Crippen molar-refractivity contribution in [2.45, 2.75) is 38.6 Å². The van der Waals surface area contributed by atoms with E-state index in [9.17, 15) is 14.4 Å². The lowest BCUT2D eigenvalue weighted by Crippen LogP contribution is -2.47. The highest BCUT2D eigenvalue weighted by Gasteiger charge is 2.43. The van der Waals surface area contributed by atoms with Gasteiger partial charge in [0.2, 0.25) is 5.91 Å². The summed E-state index contributed by atoms with van der Waals surface area (Å²) in [5, 5.41) is 0. The Morgan fingerprint density at radius 3 is 2.80 bits per heavy atom. The van der Waals surface area contributed by atoms with Gasteiger partial charge in [-0.2, -0.15) is 0 Å². The SMILES string of the molecule is CC(=O)CC1C(=O)CCN2C(=O)CCC12. The van der Waals surface area contributed by atoms with Gasteiger partial charge in [0.05, 0.1) is 0 Å². The molecular formula is C11H15NO3. The molecule has 2 aliphatic heterocycles. The van der Waals surface area contributed by atoms with E-state index < -0.39 is 0 Å². The molecule has 82 valence electrons. The van der Waals surface area contributed by atoms with Crippen molar-refractivity contribution in [2.24, 2.45) is 5.92 Å². The molecule has 4 heteroatoms. The van der Waals surface area contributed by atoms with Gasteiger partial charge >= 0.3 is 0 Å². The second-order valence-corrected chi connectivity index (χ2v) is 4.42. The molecule has 0 aliphatic carbocycles. The number of Topliss-reactive ketones (excluding diaryl/α,β-unsaturated/α-hetero) is 2. The number of hydrogen-bond acceptors (Lipinski definition) is 3. The Hall–Kier alpha value is -1.19. The van der Waals surface area contributed by atoms with E-state index in [1.54, 1.807) is 4.90 Å². The largest absolute Gasteiger partial charge is 0.339 e. The molecule has 0 aromatic rings. The number of nitrogens with zero attached hydrogens (tertiary/aromatic N) is 1. The lowest BCUT2D eigenvalue weighted by Gasteiger charge is -2.35. The first-order valence-electron chi connectivity index (χ1n) is 5.41. The van der Waals surface area contributed by atoms with Gasteiger partial charge in [-0.05, 0) is 13.3 Å². The number of amides is 1. The predicted molar refractivity (Wildman–Crippen MR) is 53.1 cm³/mol. The fraction of sp³-hybridized carbons (Fsp3) is 0.727. The number of carbonyl (C=O) groups is 3. The van der Waals surface area contributed by atoms with Crippen LogP contribution in [0.25, 0.3) is 0 Å². The van der Waals surface area contributed by atoms with Crippen molar-refractivity contribution in [2.75, 3.05) is 6.54 Å². The van der Waals surface area contributed by atoms with Crippen LogP contribution >= 0.6 is 0 Å². The molecule has 4 nitrogen and oxygen atoms in total. The molecule has 2 fully saturated rings. The van der Waals surface area contributed by atoms with Gasteiger partial charge in [-0.3, -0.25) is 9.59 Å². The minimum Gasteiger partial charge on any atom is -0.339 e. The van der Waals surface area contributed by atoms with Crippen molar-refractivity contribution in [1.29, 1.82) is 0 Å². The third kappa shape index (κ3) is 1.80. The highest BCUT2D eigenvalue weighted by Crippen LogP contribution is 2.32. The van der Waals surface area contributed by atoms with Crippen molar-refractivity contribution < 1.29 is 14.4 Å². The van der Waals surface area contributed by atoms with E-state index in [0.717, 1.165) is 6.42 Å². The Morgan fingerprint density at radius 2 is 2.13 bits per heavy atom. The maximum Gasteiger partial charge on any atom is 0.222 e. The molecule has 2 saturated heterocycles. The van der Waals surface area contributed by atoms with Gasteiger partial charge in [0.15, 0.2) is 0 Å². The maximum atomic E-state index is 11.7. The van der Waals surface area contributed by atoms with Crippen molar-refractivity contribution >= 4 is 17.5 Å². The zero-order chi connectivity index (χ0) is 11.0. The van der Waals surface area contributed by atoms with Crippen molar-refractivity contribution in [1.82, 2.24) is 4.90 Å². The van der Waals surface area contributed by atoms with Crippen LogP contribution in [0.5, 0.6) is 0 Å². The minimum absolute atomic E-state index is 0.00245. The van der Waals surface area contributed by atoms with E-state index in [1.165, 1.54) is 6.92 Å². The fourth-order valence-electron chi connectivity index (χ4n) is 2.65. The second kappa shape index (κ2) is 3.76.